The van der Waals surface area contributed by atoms with Crippen LogP contribution >= 0.6 is 0 Å². The van der Waals surface area contributed by atoms with Crippen LogP contribution in [0.4, 0.5) is 11.4 Å². The third-order valence-electron chi connectivity index (χ3n) is 2.61. The minimum Gasteiger partial charge on any atom is -0.398 e. The Morgan fingerprint density at radius 1 is 1.36 bits per heavy atom. The van der Waals surface area contributed by atoms with Gasteiger partial charge in [0.15, 0.2) is 0 Å². The Labute approximate surface area is 86.5 Å². The number of nitrogens with two attached hydrogens (primary N) is 1. The van der Waals surface area contributed by atoms with Crippen molar-refractivity contribution in [3.63, 3.8) is 0 Å². The van der Waals surface area contributed by atoms with Crippen LogP contribution in [0.5, 0.6) is 0 Å². The first-order chi connectivity index (χ1) is 6.69. The van der Waals surface area contributed by atoms with E-state index >= 15 is 0 Å². The highest BCUT2D eigenvalue weighted by atomic mass is 14.9. The summed E-state index contributed by atoms with van der Waals surface area (Å²) in [6.07, 6.45) is 1.13. The molecular formula is C12H20N2. The van der Waals surface area contributed by atoms with Gasteiger partial charge in [0.25, 0.3) is 0 Å². The fourth-order valence-electron chi connectivity index (χ4n) is 1.56. The van der Waals surface area contributed by atoms with Gasteiger partial charge in [0.2, 0.25) is 0 Å². The van der Waals surface area contributed by atoms with E-state index < -0.39 is 0 Å². The lowest BCUT2D eigenvalue weighted by molar-refractivity contribution is 0.736. The summed E-state index contributed by atoms with van der Waals surface area (Å²) >= 11 is 0. The zero-order valence-electron chi connectivity index (χ0n) is 9.30. The van der Waals surface area contributed by atoms with E-state index in [1.165, 1.54) is 5.56 Å². The van der Waals surface area contributed by atoms with E-state index in [0.29, 0.717) is 5.92 Å². The monoisotopic (exact) mass is 192 g/mol. The van der Waals surface area contributed by atoms with E-state index in [0.717, 1.165) is 24.3 Å². The molecule has 0 saturated heterocycles. The van der Waals surface area contributed by atoms with Crippen LogP contribution in [0.2, 0.25) is 0 Å². The first-order valence-corrected chi connectivity index (χ1v) is 5.32. The van der Waals surface area contributed by atoms with E-state index in [4.69, 9.17) is 5.73 Å². The Balaban J connectivity index is 2.89. The van der Waals surface area contributed by atoms with Gasteiger partial charge in [-0.3, -0.25) is 0 Å². The quantitative estimate of drug-likeness (QED) is 0.719. The van der Waals surface area contributed by atoms with Crippen LogP contribution in [-0.2, 0) is 0 Å². The van der Waals surface area contributed by atoms with Gasteiger partial charge in [-0.05, 0) is 37.0 Å². The van der Waals surface area contributed by atoms with Gasteiger partial charge in [0.1, 0.15) is 0 Å². The predicted octanol–water partition coefficient (Wildman–Crippen LogP) is 3.21. The number of nitrogen functional groups attached to an aromatic ring is 1. The van der Waals surface area contributed by atoms with Crippen LogP contribution < -0.4 is 11.1 Å². The molecule has 0 spiro atoms. The molecule has 3 N–H and O–H groups in total. The molecule has 14 heavy (non-hydrogen) atoms. The fourth-order valence-corrected chi connectivity index (χ4v) is 1.56. The molecule has 2 heteroatoms. The summed E-state index contributed by atoms with van der Waals surface area (Å²) < 4.78 is 0. The molecule has 1 unspecified atom stereocenters. The molecule has 0 saturated carbocycles. The van der Waals surface area contributed by atoms with Gasteiger partial charge in [-0.1, -0.05) is 19.9 Å². The average molecular weight is 192 g/mol. The number of hydrogen-bond acceptors (Lipinski definition) is 2. The molecule has 1 atom stereocenters. The molecule has 1 rings (SSSR count). The summed E-state index contributed by atoms with van der Waals surface area (Å²) in [7, 11) is 0. The molecule has 1 aromatic rings. The van der Waals surface area contributed by atoms with Gasteiger partial charge in [0, 0.05) is 17.9 Å². The second-order valence-corrected chi connectivity index (χ2v) is 3.68. The summed E-state index contributed by atoms with van der Waals surface area (Å²) in [4.78, 5) is 0. The average Bonchev–Trinajstić information content (AvgIpc) is 2.17. The zero-order chi connectivity index (χ0) is 10.6. The van der Waals surface area contributed by atoms with Gasteiger partial charge in [0.05, 0.1) is 0 Å². The first kappa shape index (κ1) is 10.9. The van der Waals surface area contributed by atoms with E-state index in [2.05, 4.69) is 38.2 Å². The molecular weight excluding hydrogens is 172 g/mol. The third-order valence-corrected chi connectivity index (χ3v) is 2.61. The maximum absolute atomic E-state index is 5.99. The Kier molecular flexibility index (Phi) is 3.81. The number of anilines is 2. The van der Waals surface area contributed by atoms with E-state index in [-0.39, 0.29) is 0 Å². The summed E-state index contributed by atoms with van der Waals surface area (Å²) in [5, 5.41) is 3.25. The molecule has 0 amide bonds. The van der Waals surface area contributed by atoms with Crippen molar-refractivity contribution in [1.29, 1.82) is 0 Å². The number of hydrogen-bond donors (Lipinski definition) is 2. The van der Waals surface area contributed by atoms with Crippen molar-refractivity contribution >= 4 is 11.4 Å². The summed E-state index contributed by atoms with van der Waals surface area (Å²) in [6, 6.07) is 6.24. The lowest BCUT2D eigenvalue weighted by atomic mass is 9.97. The molecule has 0 aliphatic heterocycles. The van der Waals surface area contributed by atoms with Crippen molar-refractivity contribution in [3.05, 3.63) is 23.8 Å². The van der Waals surface area contributed by atoms with Crippen LogP contribution in [0.1, 0.15) is 38.7 Å². The van der Waals surface area contributed by atoms with Gasteiger partial charge < -0.3 is 11.1 Å². The number of nitrogens with one attached hydrogen (secondary N) is 1. The molecule has 0 aliphatic carbocycles. The SMILES string of the molecule is CCNc1ccc(C(C)CC)c(N)c1. The molecule has 0 aliphatic rings. The number of benzene rings is 1. The van der Waals surface area contributed by atoms with E-state index in [1.807, 2.05) is 6.07 Å². The van der Waals surface area contributed by atoms with E-state index in [9.17, 15) is 0 Å². The van der Waals surface area contributed by atoms with Crippen molar-refractivity contribution in [1.82, 2.24) is 0 Å². The normalized spacial score (nSPS) is 12.5. The minimum atomic E-state index is 0.547. The summed E-state index contributed by atoms with van der Waals surface area (Å²) in [5.74, 6) is 0.547. The largest absolute Gasteiger partial charge is 0.398 e. The van der Waals surface area contributed by atoms with Gasteiger partial charge in [-0.25, -0.2) is 0 Å². The molecule has 0 bridgehead atoms. The van der Waals surface area contributed by atoms with Crippen LogP contribution in [0, 0.1) is 0 Å². The van der Waals surface area contributed by atoms with Crippen molar-refractivity contribution in [3.8, 4) is 0 Å². The van der Waals surface area contributed by atoms with Gasteiger partial charge >= 0.3 is 0 Å². The Morgan fingerprint density at radius 2 is 2.07 bits per heavy atom. The minimum absolute atomic E-state index is 0.547. The van der Waals surface area contributed by atoms with Crippen LogP contribution in [0.25, 0.3) is 0 Å². The maximum atomic E-state index is 5.99. The molecule has 0 radical (unpaired) electrons. The molecule has 2 nitrogen and oxygen atoms in total. The van der Waals surface area contributed by atoms with Crippen LogP contribution in [0.15, 0.2) is 18.2 Å². The highest BCUT2D eigenvalue weighted by molar-refractivity contribution is 5.59. The Morgan fingerprint density at radius 3 is 2.57 bits per heavy atom. The van der Waals surface area contributed by atoms with Crippen LogP contribution in [-0.4, -0.2) is 6.54 Å². The zero-order valence-corrected chi connectivity index (χ0v) is 9.30. The lowest BCUT2D eigenvalue weighted by Crippen LogP contribution is -2.01. The van der Waals surface area contributed by atoms with Crippen molar-refractivity contribution in [2.75, 3.05) is 17.6 Å². The van der Waals surface area contributed by atoms with Crippen molar-refractivity contribution < 1.29 is 0 Å². The lowest BCUT2D eigenvalue weighted by Gasteiger charge is -2.13. The summed E-state index contributed by atoms with van der Waals surface area (Å²) in [5.41, 5.74) is 9.26. The Bertz CT molecular complexity index is 294. The first-order valence-electron chi connectivity index (χ1n) is 5.32. The second kappa shape index (κ2) is 4.89. The van der Waals surface area contributed by atoms with Crippen molar-refractivity contribution in [2.45, 2.75) is 33.1 Å². The van der Waals surface area contributed by atoms with Gasteiger partial charge in [-0.2, -0.15) is 0 Å². The summed E-state index contributed by atoms with van der Waals surface area (Å²) in [6.45, 7) is 7.40. The van der Waals surface area contributed by atoms with Gasteiger partial charge in [-0.15, -0.1) is 0 Å². The highest BCUT2D eigenvalue weighted by Gasteiger charge is 2.06. The topological polar surface area (TPSA) is 38.0 Å². The smallest absolute Gasteiger partial charge is 0.0370 e. The standard InChI is InChI=1S/C12H20N2/c1-4-9(3)11-7-6-10(14-5-2)8-12(11)13/h6-9,14H,4-5,13H2,1-3H3. The Hall–Kier alpha value is -1.18. The molecule has 0 heterocycles. The van der Waals surface area contributed by atoms with E-state index in [1.54, 1.807) is 0 Å². The highest BCUT2D eigenvalue weighted by Crippen LogP contribution is 2.27. The van der Waals surface area contributed by atoms with Crippen molar-refractivity contribution in [2.24, 2.45) is 0 Å². The third kappa shape index (κ3) is 2.41. The molecule has 1 aromatic carbocycles. The fraction of sp³-hybridized carbons (Fsp3) is 0.500. The predicted molar refractivity (Wildman–Crippen MR) is 63.7 cm³/mol. The number of rotatable bonds is 4. The molecule has 0 fully saturated rings. The van der Waals surface area contributed by atoms with Crippen LogP contribution in [0.3, 0.4) is 0 Å². The molecule has 0 aromatic heterocycles. The molecule has 78 valence electrons. The maximum Gasteiger partial charge on any atom is 0.0370 e. The second-order valence-electron chi connectivity index (χ2n) is 3.68.